The van der Waals surface area contributed by atoms with Gasteiger partial charge in [-0.15, -0.1) is 0 Å². The molecule has 0 spiro atoms. The summed E-state index contributed by atoms with van der Waals surface area (Å²) in [5.41, 5.74) is 0.806. The normalized spacial score (nSPS) is 23.0. The Bertz CT molecular complexity index is 744. The highest BCUT2D eigenvalue weighted by Gasteiger charge is 2.41. The average molecular weight is 322 g/mol. The molecule has 0 saturated carbocycles. The minimum absolute atomic E-state index is 0.0355. The summed E-state index contributed by atoms with van der Waals surface area (Å²) in [6.07, 6.45) is 4.62. The Balaban J connectivity index is 1.88. The number of pyridine rings is 1. The van der Waals surface area contributed by atoms with Gasteiger partial charge in [0.05, 0.1) is 6.33 Å². The number of aryl methyl sites for hydroxylation is 1. The molecule has 2 atom stereocenters. The lowest BCUT2D eigenvalue weighted by molar-refractivity contribution is 0.222. The first kappa shape index (κ1) is 15.1. The van der Waals surface area contributed by atoms with Gasteiger partial charge in [0.15, 0.2) is 5.03 Å². The number of aliphatic hydroxyl groups is 1. The number of aromatic nitrogens is 3. The highest BCUT2D eigenvalue weighted by atomic mass is 32.2. The van der Waals surface area contributed by atoms with Gasteiger partial charge < -0.3 is 9.67 Å². The Kier molecular flexibility index (Phi) is 3.98. The molecular weight excluding hydrogens is 304 g/mol. The Labute approximate surface area is 129 Å². The van der Waals surface area contributed by atoms with E-state index in [1.54, 1.807) is 17.8 Å². The van der Waals surface area contributed by atoms with E-state index in [1.807, 2.05) is 18.2 Å². The second kappa shape index (κ2) is 5.79. The maximum atomic E-state index is 12.6. The van der Waals surface area contributed by atoms with Gasteiger partial charge in [-0.1, -0.05) is 6.07 Å². The fraction of sp³-hybridized carbons (Fsp3) is 0.429. The van der Waals surface area contributed by atoms with Gasteiger partial charge in [-0.05, 0) is 12.1 Å². The second-order valence-corrected chi connectivity index (χ2v) is 7.39. The van der Waals surface area contributed by atoms with Crippen LogP contribution in [0.4, 0.5) is 0 Å². The quantitative estimate of drug-likeness (QED) is 0.869. The van der Waals surface area contributed by atoms with Crippen LogP contribution in [0.3, 0.4) is 0 Å². The van der Waals surface area contributed by atoms with Crippen molar-refractivity contribution < 1.29 is 13.5 Å². The van der Waals surface area contributed by atoms with Crippen LogP contribution < -0.4 is 0 Å². The van der Waals surface area contributed by atoms with Crippen LogP contribution in [0, 0.1) is 5.92 Å². The van der Waals surface area contributed by atoms with E-state index < -0.39 is 10.0 Å². The minimum atomic E-state index is -3.64. The average Bonchev–Trinajstić information content (AvgIpc) is 3.14. The van der Waals surface area contributed by atoms with Crippen molar-refractivity contribution >= 4 is 10.0 Å². The number of nitrogens with zero attached hydrogens (tertiary/aromatic N) is 4. The number of imidazole rings is 1. The molecule has 1 fully saturated rings. The third kappa shape index (κ3) is 2.65. The van der Waals surface area contributed by atoms with E-state index in [0.29, 0.717) is 6.54 Å². The summed E-state index contributed by atoms with van der Waals surface area (Å²) in [4.78, 5) is 8.24. The van der Waals surface area contributed by atoms with E-state index in [2.05, 4.69) is 9.97 Å². The van der Waals surface area contributed by atoms with Gasteiger partial charge >= 0.3 is 0 Å². The molecule has 1 N–H and O–H groups in total. The Morgan fingerprint density at radius 3 is 2.73 bits per heavy atom. The smallest absolute Gasteiger partial charge is 0.262 e. The highest BCUT2D eigenvalue weighted by molar-refractivity contribution is 7.89. The fourth-order valence-electron chi connectivity index (χ4n) is 2.80. The van der Waals surface area contributed by atoms with Crippen molar-refractivity contribution in [2.75, 3.05) is 19.7 Å². The number of hydrogen-bond acceptors (Lipinski definition) is 5. The van der Waals surface area contributed by atoms with E-state index in [-0.39, 0.29) is 30.0 Å². The molecule has 1 aliphatic rings. The van der Waals surface area contributed by atoms with Gasteiger partial charge in [-0.3, -0.25) is 4.98 Å². The zero-order valence-electron chi connectivity index (χ0n) is 12.2. The molecule has 0 aliphatic carbocycles. The van der Waals surface area contributed by atoms with Gasteiger partial charge in [-0.2, -0.15) is 4.31 Å². The molecule has 118 valence electrons. The van der Waals surface area contributed by atoms with Gasteiger partial charge in [0.25, 0.3) is 10.0 Å². The van der Waals surface area contributed by atoms with Crippen LogP contribution in [0.5, 0.6) is 0 Å². The maximum Gasteiger partial charge on any atom is 0.262 e. The SMILES string of the molecule is Cn1cnc(S(=O)(=O)N2C[C@H](CO)[C@@H](c3ccccn3)C2)c1. The predicted octanol–water partition coefficient (Wildman–Crippen LogP) is 0.212. The molecule has 22 heavy (non-hydrogen) atoms. The molecule has 0 radical (unpaired) electrons. The van der Waals surface area contributed by atoms with Crippen LogP contribution in [-0.2, 0) is 17.1 Å². The molecule has 1 aliphatic heterocycles. The van der Waals surface area contributed by atoms with Crippen LogP contribution in [0.2, 0.25) is 0 Å². The van der Waals surface area contributed by atoms with E-state index in [4.69, 9.17) is 0 Å². The minimum Gasteiger partial charge on any atom is -0.396 e. The first-order chi connectivity index (χ1) is 10.5. The standard InChI is InChI=1S/C14H18N4O3S/c1-17-8-14(16-10-17)22(20,21)18-6-11(9-19)12(7-18)13-4-2-3-5-15-13/h2-5,8,10-12,19H,6-7,9H2,1H3/t11-,12+/m1/s1. The Hall–Kier alpha value is -1.77. The zero-order valence-corrected chi connectivity index (χ0v) is 13.0. The summed E-state index contributed by atoms with van der Waals surface area (Å²) < 4.78 is 28.3. The zero-order chi connectivity index (χ0) is 15.7. The van der Waals surface area contributed by atoms with Crippen LogP contribution in [-0.4, -0.2) is 52.1 Å². The van der Waals surface area contributed by atoms with Crippen molar-refractivity contribution in [2.45, 2.75) is 10.9 Å². The predicted molar refractivity (Wildman–Crippen MR) is 79.5 cm³/mol. The third-order valence-electron chi connectivity index (χ3n) is 4.00. The summed E-state index contributed by atoms with van der Waals surface area (Å²) in [6.45, 7) is 0.507. The summed E-state index contributed by atoms with van der Waals surface area (Å²) in [6, 6.07) is 5.55. The topological polar surface area (TPSA) is 88.3 Å². The molecule has 3 heterocycles. The first-order valence-corrected chi connectivity index (χ1v) is 8.46. The van der Waals surface area contributed by atoms with Gasteiger partial charge in [0, 0.05) is 56.7 Å². The molecule has 0 aromatic carbocycles. The van der Waals surface area contributed by atoms with Crippen LogP contribution in [0.1, 0.15) is 11.6 Å². The molecule has 0 amide bonds. The summed E-state index contributed by atoms with van der Waals surface area (Å²) >= 11 is 0. The van der Waals surface area contributed by atoms with Crippen molar-refractivity contribution in [3.63, 3.8) is 0 Å². The Morgan fingerprint density at radius 2 is 2.14 bits per heavy atom. The molecular formula is C14H18N4O3S. The number of rotatable bonds is 4. The fourth-order valence-corrected chi connectivity index (χ4v) is 4.29. The lowest BCUT2D eigenvalue weighted by Gasteiger charge is -2.15. The molecule has 0 bridgehead atoms. The summed E-state index contributed by atoms with van der Waals surface area (Å²) in [5.74, 6) is -0.266. The Morgan fingerprint density at radius 1 is 1.32 bits per heavy atom. The molecule has 1 saturated heterocycles. The van der Waals surface area contributed by atoms with E-state index >= 15 is 0 Å². The van der Waals surface area contributed by atoms with Crippen molar-refractivity contribution in [2.24, 2.45) is 13.0 Å². The number of hydrogen-bond donors (Lipinski definition) is 1. The monoisotopic (exact) mass is 322 g/mol. The van der Waals surface area contributed by atoms with E-state index in [9.17, 15) is 13.5 Å². The third-order valence-corrected chi connectivity index (χ3v) is 5.71. The van der Waals surface area contributed by atoms with Gasteiger partial charge in [-0.25, -0.2) is 13.4 Å². The van der Waals surface area contributed by atoms with Crippen molar-refractivity contribution in [3.8, 4) is 0 Å². The van der Waals surface area contributed by atoms with E-state index in [0.717, 1.165) is 5.69 Å². The molecule has 2 aromatic heterocycles. The summed E-state index contributed by atoms with van der Waals surface area (Å²) in [5, 5.41) is 9.62. The van der Waals surface area contributed by atoms with Crippen molar-refractivity contribution in [1.29, 1.82) is 0 Å². The molecule has 3 rings (SSSR count). The largest absolute Gasteiger partial charge is 0.396 e. The van der Waals surface area contributed by atoms with Crippen LogP contribution in [0.15, 0.2) is 41.9 Å². The van der Waals surface area contributed by atoms with Crippen LogP contribution in [0.25, 0.3) is 0 Å². The van der Waals surface area contributed by atoms with Crippen molar-refractivity contribution in [3.05, 3.63) is 42.6 Å². The molecule has 8 heteroatoms. The maximum absolute atomic E-state index is 12.6. The van der Waals surface area contributed by atoms with Gasteiger partial charge in [0.1, 0.15) is 0 Å². The number of aliphatic hydroxyl groups excluding tert-OH is 1. The summed E-state index contributed by atoms with van der Waals surface area (Å²) in [7, 11) is -1.91. The van der Waals surface area contributed by atoms with Crippen LogP contribution >= 0.6 is 0 Å². The van der Waals surface area contributed by atoms with Gasteiger partial charge in [0.2, 0.25) is 0 Å². The highest BCUT2D eigenvalue weighted by Crippen LogP contribution is 2.34. The lowest BCUT2D eigenvalue weighted by Crippen LogP contribution is -2.29. The molecule has 0 unspecified atom stereocenters. The lowest BCUT2D eigenvalue weighted by atomic mass is 9.93. The van der Waals surface area contributed by atoms with Crippen molar-refractivity contribution in [1.82, 2.24) is 18.8 Å². The number of sulfonamides is 1. The molecule has 7 nitrogen and oxygen atoms in total. The van der Waals surface area contributed by atoms with E-state index in [1.165, 1.54) is 16.8 Å². The second-order valence-electron chi connectivity index (χ2n) is 5.50. The first-order valence-electron chi connectivity index (χ1n) is 7.02. The molecule has 2 aromatic rings.